The average molecular weight is 421 g/mol. The number of amides is 1. The first-order chi connectivity index (χ1) is 13.8. The molecule has 5 nitrogen and oxygen atoms in total. The number of carbonyl (C=O) groups is 2. The van der Waals surface area contributed by atoms with Crippen molar-refractivity contribution in [3.8, 4) is 0 Å². The van der Waals surface area contributed by atoms with Crippen LogP contribution in [0.1, 0.15) is 44.9 Å². The standard InChI is InChI=1S/C20H18F3N3O2S/c1-12-16(26-8-9-29-19(26)24-12)18(28)25-7-3-5-14(11-25)17(27)13-4-2-6-15(10-13)20(21,22)23/h2,4,6,8-10,14H,3,5,7,11H2,1H3/t14-/m0/s1. The average Bonchev–Trinajstić information content (AvgIpc) is 3.26. The summed E-state index contributed by atoms with van der Waals surface area (Å²) in [5.74, 6) is -1.10. The number of imidazole rings is 1. The Morgan fingerprint density at radius 2 is 2.07 bits per heavy atom. The van der Waals surface area contributed by atoms with E-state index in [0.29, 0.717) is 30.8 Å². The van der Waals surface area contributed by atoms with Gasteiger partial charge in [0.05, 0.1) is 11.3 Å². The van der Waals surface area contributed by atoms with Crippen LogP contribution in [0.15, 0.2) is 35.8 Å². The maximum Gasteiger partial charge on any atom is 0.416 e. The molecule has 1 aromatic carbocycles. The van der Waals surface area contributed by atoms with E-state index in [4.69, 9.17) is 0 Å². The van der Waals surface area contributed by atoms with E-state index >= 15 is 0 Å². The topological polar surface area (TPSA) is 54.7 Å². The van der Waals surface area contributed by atoms with Crippen LogP contribution in [0.3, 0.4) is 0 Å². The number of Topliss-reactive ketones (excluding diaryl/α,β-unsaturated/α-hetero) is 1. The molecule has 1 aliphatic heterocycles. The van der Waals surface area contributed by atoms with Crippen molar-refractivity contribution >= 4 is 28.0 Å². The van der Waals surface area contributed by atoms with Crippen LogP contribution in [-0.2, 0) is 6.18 Å². The molecule has 0 unspecified atom stereocenters. The summed E-state index contributed by atoms with van der Waals surface area (Å²) in [6.07, 6.45) is -1.57. The van der Waals surface area contributed by atoms with Crippen LogP contribution >= 0.6 is 11.3 Å². The number of piperidine rings is 1. The second-order valence-electron chi connectivity index (χ2n) is 7.13. The predicted molar refractivity (Wildman–Crippen MR) is 102 cm³/mol. The number of likely N-dealkylation sites (tertiary alicyclic amines) is 1. The number of aromatic nitrogens is 2. The molecule has 152 valence electrons. The van der Waals surface area contributed by atoms with Gasteiger partial charge in [0.1, 0.15) is 5.69 Å². The number of hydrogen-bond donors (Lipinski definition) is 0. The molecule has 1 atom stereocenters. The molecule has 1 fully saturated rings. The van der Waals surface area contributed by atoms with Crippen molar-refractivity contribution in [1.82, 2.24) is 14.3 Å². The fraction of sp³-hybridized carbons (Fsp3) is 0.350. The number of nitrogens with zero attached hydrogens (tertiary/aromatic N) is 3. The van der Waals surface area contributed by atoms with E-state index in [9.17, 15) is 22.8 Å². The summed E-state index contributed by atoms with van der Waals surface area (Å²) >= 11 is 1.43. The number of aryl methyl sites for hydroxylation is 1. The molecule has 4 rings (SSSR count). The highest BCUT2D eigenvalue weighted by Crippen LogP contribution is 2.31. The van der Waals surface area contributed by atoms with Crippen LogP contribution in [0.5, 0.6) is 0 Å². The van der Waals surface area contributed by atoms with Crippen molar-refractivity contribution in [1.29, 1.82) is 0 Å². The Morgan fingerprint density at radius 1 is 1.28 bits per heavy atom. The Morgan fingerprint density at radius 3 is 2.83 bits per heavy atom. The molecule has 0 radical (unpaired) electrons. The zero-order valence-corrected chi connectivity index (χ0v) is 16.4. The summed E-state index contributed by atoms with van der Waals surface area (Å²) in [6, 6.07) is 4.47. The Bertz CT molecular complexity index is 1090. The molecule has 0 bridgehead atoms. The normalized spacial score (nSPS) is 17.7. The van der Waals surface area contributed by atoms with Crippen molar-refractivity contribution < 1.29 is 22.8 Å². The lowest BCUT2D eigenvalue weighted by Crippen LogP contribution is -2.43. The second-order valence-corrected chi connectivity index (χ2v) is 8.01. The molecule has 29 heavy (non-hydrogen) atoms. The Kier molecular flexibility index (Phi) is 4.94. The van der Waals surface area contributed by atoms with E-state index in [0.717, 1.165) is 17.1 Å². The van der Waals surface area contributed by atoms with Gasteiger partial charge in [-0.3, -0.25) is 14.0 Å². The molecule has 1 amide bonds. The first-order valence-corrected chi connectivity index (χ1v) is 10.1. The molecule has 2 aromatic heterocycles. The predicted octanol–water partition coefficient (Wildman–Crippen LogP) is 4.46. The van der Waals surface area contributed by atoms with Gasteiger partial charge in [-0.15, -0.1) is 11.3 Å². The van der Waals surface area contributed by atoms with E-state index in [1.54, 1.807) is 22.4 Å². The lowest BCUT2D eigenvalue weighted by Gasteiger charge is -2.32. The SMILES string of the molecule is Cc1nc2sccn2c1C(=O)N1CCC[C@H](C(=O)c2cccc(C(F)(F)F)c2)C1. The zero-order chi connectivity index (χ0) is 20.8. The molecule has 0 spiro atoms. The van der Waals surface area contributed by atoms with Gasteiger partial charge >= 0.3 is 6.18 Å². The highest BCUT2D eigenvalue weighted by Gasteiger charge is 2.34. The molecule has 3 aromatic rings. The van der Waals surface area contributed by atoms with Gasteiger partial charge in [0, 0.05) is 36.1 Å². The number of rotatable bonds is 3. The lowest BCUT2D eigenvalue weighted by molar-refractivity contribution is -0.137. The number of hydrogen-bond acceptors (Lipinski definition) is 4. The number of thiazole rings is 1. The largest absolute Gasteiger partial charge is 0.416 e. The second kappa shape index (κ2) is 7.29. The van der Waals surface area contributed by atoms with Gasteiger partial charge in [0.15, 0.2) is 10.7 Å². The lowest BCUT2D eigenvalue weighted by atomic mass is 9.89. The van der Waals surface area contributed by atoms with Crippen molar-refractivity contribution in [3.63, 3.8) is 0 Å². The van der Waals surface area contributed by atoms with Crippen LogP contribution in [0.4, 0.5) is 13.2 Å². The first kappa shape index (κ1) is 19.6. The van der Waals surface area contributed by atoms with Crippen LogP contribution < -0.4 is 0 Å². The van der Waals surface area contributed by atoms with Crippen LogP contribution in [-0.4, -0.2) is 39.1 Å². The van der Waals surface area contributed by atoms with E-state index in [1.165, 1.54) is 23.5 Å². The zero-order valence-electron chi connectivity index (χ0n) is 15.6. The summed E-state index contributed by atoms with van der Waals surface area (Å²) in [5.41, 5.74) is 0.267. The molecule has 0 aliphatic carbocycles. The van der Waals surface area contributed by atoms with Crippen molar-refractivity contribution in [2.24, 2.45) is 5.92 Å². The molecule has 1 aliphatic rings. The van der Waals surface area contributed by atoms with Gasteiger partial charge in [-0.1, -0.05) is 12.1 Å². The molecule has 0 N–H and O–H groups in total. The van der Waals surface area contributed by atoms with Gasteiger partial charge < -0.3 is 4.90 Å². The van der Waals surface area contributed by atoms with E-state index in [2.05, 4.69) is 4.98 Å². The Labute approximate surface area is 168 Å². The number of halogens is 3. The third-order valence-corrected chi connectivity index (χ3v) is 5.95. The minimum Gasteiger partial charge on any atom is -0.337 e. The minimum absolute atomic E-state index is 0.0277. The maximum absolute atomic E-state index is 13.1. The number of ketones is 1. The fourth-order valence-corrected chi connectivity index (χ4v) is 4.52. The van der Waals surface area contributed by atoms with Crippen molar-refractivity contribution in [2.45, 2.75) is 25.9 Å². The van der Waals surface area contributed by atoms with Crippen LogP contribution in [0.25, 0.3) is 4.96 Å². The maximum atomic E-state index is 13.1. The van der Waals surface area contributed by atoms with Gasteiger partial charge in [-0.2, -0.15) is 13.2 Å². The summed E-state index contributed by atoms with van der Waals surface area (Å²) in [5, 5.41) is 1.84. The van der Waals surface area contributed by atoms with E-state index in [-0.39, 0.29) is 23.8 Å². The molecule has 3 heterocycles. The molecule has 1 saturated heterocycles. The number of carbonyl (C=O) groups excluding carboxylic acids is 2. The Balaban J connectivity index is 1.55. The third-order valence-electron chi connectivity index (χ3n) is 5.19. The van der Waals surface area contributed by atoms with E-state index in [1.807, 2.05) is 5.38 Å². The first-order valence-electron chi connectivity index (χ1n) is 9.18. The van der Waals surface area contributed by atoms with E-state index < -0.39 is 17.7 Å². The highest BCUT2D eigenvalue weighted by atomic mass is 32.1. The highest BCUT2D eigenvalue weighted by molar-refractivity contribution is 7.15. The van der Waals surface area contributed by atoms with Gasteiger partial charge in [-0.05, 0) is 31.9 Å². The number of benzene rings is 1. The third kappa shape index (κ3) is 3.66. The van der Waals surface area contributed by atoms with Gasteiger partial charge in [-0.25, -0.2) is 4.98 Å². The quantitative estimate of drug-likeness (QED) is 0.587. The number of alkyl halides is 3. The molecular formula is C20H18F3N3O2S. The van der Waals surface area contributed by atoms with Crippen LogP contribution in [0, 0.1) is 12.8 Å². The molecular weight excluding hydrogens is 403 g/mol. The summed E-state index contributed by atoms with van der Waals surface area (Å²) in [7, 11) is 0. The van der Waals surface area contributed by atoms with Crippen molar-refractivity contribution in [3.05, 3.63) is 58.4 Å². The van der Waals surface area contributed by atoms with Crippen LogP contribution in [0.2, 0.25) is 0 Å². The summed E-state index contributed by atoms with van der Waals surface area (Å²) < 4.78 is 40.6. The fourth-order valence-electron chi connectivity index (χ4n) is 3.76. The van der Waals surface area contributed by atoms with Gasteiger partial charge in [0.2, 0.25) is 0 Å². The minimum atomic E-state index is -4.50. The molecule has 9 heteroatoms. The summed E-state index contributed by atoms with van der Waals surface area (Å²) in [6.45, 7) is 2.45. The molecule has 0 saturated carbocycles. The Hall–Kier alpha value is -2.68. The van der Waals surface area contributed by atoms with Crippen molar-refractivity contribution in [2.75, 3.05) is 13.1 Å². The smallest absolute Gasteiger partial charge is 0.337 e. The summed E-state index contributed by atoms with van der Waals surface area (Å²) in [4.78, 5) is 32.7. The monoisotopic (exact) mass is 421 g/mol. The van der Waals surface area contributed by atoms with Gasteiger partial charge in [0.25, 0.3) is 5.91 Å². The number of fused-ring (bicyclic) bond motifs is 1.